The summed E-state index contributed by atoms with van der Waals surface area (Å²) in [4.78, 5) is 32.2. The van der Waals surface area contributed by atoms with Crippen molar-refractivity contribution in [2.24, 2.45) is 11.7 Å². The third kappa shape index (κ3) is 8.90. The first-order valence-corrected chi connectivity index (χ1v) is 17.8. The quantitative estimate of drug-likeness (QED) is 0.257. The zero-order valence-electron chi connectivity index (χ0n) is 28.2. The van der Waals surface area contributed by atoms with Crippen molar-refractivity contribution in [3.05, 3.63) is 89.0 Å². The number of amides is 2. The van der Waals surface area contributed by atoms with Crippen molar-refractivity contribution < 1.29 is 27.1 Å². The number of sulfonamides is 1. The number of nitrogens with two attached hydrogens (primary N) is 1. The lowest BCUT2D eigenvalue weighted by Gasteiger charge is -2.44. The molecule has 0 bridgehead atoms. The van der Waals surface area contributed by atoms with Gasteiger partial charge in [-0.1, -0.05) is 55.8 Å². The van der Waals surface area contributed by atoms with E-state index in [9.17, 15) is 18.0 Å². The maximum atomic E-state index is 15.4. The number of aromatic nitrogens is 1. The largest absolute Gasteiger partial charge is 0.444 e. The molecule has 0 aliphatic carbocycles. The molecular formula is C35H45ClFN5O5S. The molecule has 0 radical (unpaired) electrons. The molecule has 2 amide bonds. The van der Waals surface area contributed by atoms with E-state index in [1.54, 1.807) is 58.0 Å². The van der Waals surface area contributed by atoms with Crippen LogP contribution in [0.15, 0.2) is 71.9 Å². The first-order chi connectivity index (χ1) is 22.5. The van der Waals surface area contributed by atoms with Gasteiger partial charge in [0.25, 0.3) is 0 Å². The Morgan fingerprint density at radius 2 is 1.73 bits per heavy atom. The van der Waals surface area contributed by atoms with E-state index in [2.05, 4.69) is 10.3 Å². The second-order valence-corrected chi connectivity index (χ2v) is 15.8. The molecule has 1 aromatic heterocycles. The number of ether oxygens (including phenoxy) is 1. The van der Waals surface area contributed by atoms with Crippen molar-refractivity contribution in [2.45, 2.75) is 88.9 Å². The van der Waals surface area contributed by atoms with Gasteiger partial charge in [-0.15, -0.1) is 0 Å². The van der Waals surface area contributed by atoms with Crippen LogP contribution < -0.4 is 11.1 Å². The standard InChI is InChI=1S/C35H45ClFN5O5S/c1-22(2)31(24-12-14-25(36)15-13-24)32(38)33(43)40-30-19-39-18-29(37)28(30)17-16-26-21-41(34(44)47-35(4,5)6)20-23(3)42(26)48(45,46)27-10-8-7-9-11-27/h7-15,18-19,22-23,26,31-32H,16-17,20-21,38H2,1-6H3,(H,40,43)/t23?,26?,31-,32-/m1/s1. The fourth-order valence-electron chi connectivity index (χ4n) is 6.22. The molecule has 3 aromatic rings. The van der Waals surface area contributed by atoms with Crippen LogP contribution in [0.2, 0.25) is 5.02 Å². The van der Waals surface area contributed by atoms with E-state index in [-0.39, 0.29) is 53.9 Å². The molecule has 2 unspecified atom stereocenters. The summed E-state index contributed by atoms with van der Waals surface area (Å²) in [6.07, 6.45) is 2.00. The van der Waals surface area contributed by atoms with E-state index in [0.717, 1.165) is 11.8 Å². The van der Waals surface area contributed by atoms with Crippen LogP contribution in [-0.4, -0.2) is 71.4 Å². The molecule has 0 spiro atoms. The van der Waals surface area contributed by atoms with Gasteiger partial charge in [0.2, 0.25) is 15.9 Å². The molecule has 1 aliphatic rings. The number of carbonyl (C=O) groups is 2. The summed E-state index contributed by atoms with van der Waals surface area (Å²) in [6.45, 7) is 11.1. The van der Waals surface area contributed by atoms with E-state index in [1.165, 1.54) is 27.5 Å². The van der Waals surface area contributed by atoms with Crippen LogP contribution in [0, 0.1) is 11.7 Å². The SMILES string of the molecule is CC(C)[C@H](c1ccc(Cl)cc1)[C@@H](N)C(=O)Nc1cncc(F)c1CCC1CN(C(=O)OC(C)(C)C)CC(C)N1S(=O)(=O)c1ccccc1. The molecule has 48 heavy (non-hydrogen) atoms. The lowest BCUT2D eigenvalue weighted by atomic mass is 9.82. The minimum Gasteiger partial charge on any atom is -0.444 e. The maximum absolute atomic E-state index is 15.4. The molecule has 4 atom stereocenters. The molecule has 1 aliphatic heterocycles. The number of rotatable bonds is 10. The Labute approximate surface area is 287 Å². The third-order valence-corrected chi connectivity index (χ3v) is 10.7. The number of halogens is 2. The molecule has 0 saturated carbocycles. The van der Waals surface area contributed by atoms with Gasteiger partial charge in [-0.3, -0.25) is 9.78 Å². The molecule has 4 rings (SSSR count). The second-order valence-electron chi connectivity index (χ2n) is 13.6. The van der Waals surface area contributed by atoms with Crippen LogP contribution in [0.5, 0.6) is 0 Å². The summed E-state index contributed by atoms with van der Waals surface area (Å²) >= 11 is 6.07. The molecule has 2 heterocycles. The number of anilines is 1. The highest BCUT2D eigenvalue weighted by Gasteiger charge is 2.42. The van der Waals surface area contributed by atoms with Crippen LogP contribution >= 0.6 is 11.6 Å². The highest BCUT2D eigenvalue weighted by molar-refractivity contribution is 7.89. The van der Waals surface area contributed by atoms with Crippen LogP contribution in [0.25, 0.3) is 0 Å². The van der Waals surface area contributed by atoms with E-state index in [1.807, 2.05) is 26.0 Å². The summed E-state index contributed by atoms with van der Waals surface area (Å²) in [5.74, 6) is -1.54. The first-order valence-electron chi connectivity index (χ1n) is 16.0. The number of carbonyl (C=O) groups excluding carboxylic acids is 2. The summed E-state index contributed by atoms with van der Waals surface area (Å²) in [5, 5.41) is 3.34. The second kappa shape index (κ2) is 15.3. The Morgan fingerprint density at radius 1 is 1.08 bits per heavy atom. The average Bonchev–Trinajstić information content (AvgIpc) is 3.00. The van der Waals surface area contributed by atoms with Crippen molar-refractivity contribution in [3.8, 4) is 0 Å². The predicted octanol–water partition coefficient (Wildman–Crippen LogP) is 6.21. The van der Waals surface area contributed by atoms with Gasteiger partial charge in [-0.05, 0) is 76.3 Å². The van der Waals surface area contributed by atoms with Crippen LogP contribution in [0.1, 0.15) is 65.0 Å². The van der Waals surface area contributed by atoms with E-state index < -0.39 is 51.6 Å². The molecule has 13 heteroatoms. The van der Waals surface area contributed by atoms with E-state index in [4.69, 9.17) is 22.1 Å². The normalized spacial score (nSPS) is 18.8. The summed E-state index contributed by atoms with van der Waals surface area (Å²) in [7, 11) is -3.99. The van der Waals surface area contributed by atoms with E-state index >= 15 is 4.39 Å². The molecule has 2 aromatic carbocycles. The number of hydrogen-bond acceptors (Lipinski definition) is 7. The van der Waals surface area contributed by atoms with Crippen LogP contribution in [0.3, 0.4) is 0 Å². The first kappa shape index (κ1) is 37.2. The van der Waals surface area contributed by atoms with Crippen LogP contribution in [0.4, 0.5) is 14.9 Å². The van der Waals surface area contributed by atoms with E-state index in [0.29, 0.717) is 5.02 Å². The fourth-order valence-corrected chi connectivity index (χ4v) is 8.19. The monoisotopic (exact) mass is 701 g/mol. The number of nitrogens with one attached hydrogen (secondary N) is 1. The fraction of sp³-hybridized carbons (Fsp3) is 0.457. The Kier molecular flexibility index (Phi) is 11.9. The van der Waals surface area contributed by atoms with Gasteiger partial charge in [0.15, 0.2) is 0 Å². The van der Waals surface area contributed by atoms with Gasteiger partial charge in [0.1, 0.15) is 11.4 Å². The summed E-state index contributed by atoms with van der Waals surface area (Å²) in [6, 6.07) is 12.9. The van der Waals surface area contributed by atoms with Crippen molar-refractivity contribution in [3.63, 3.8) is 0 Å². The lowest BCUT2D eigenvalue weighted by Crippen LogP contribution is -2.61. The van der Waals surface area contributed by atoms with Crippen molar-refractivity contribution >= 4 is 39.3 Å². The predicted molar refractivity (Wildman–Crippen MR) is 185 cm³/mol. The van der Waals surface area contributed by atoms with Gasteiger partial charge in [0.05, 0.1) is 29.0 Å². The van der Waals surface area contributed by atoms with Gasteiger partial charge >= 0.3 is 6.09 Å². The maximum Gasteiger partial charge on any atom is 0.410 e. The number of hydrogen-bond donors (Lipinski definition) is 2. The number of piperazine rings is 1. The Hall–Kier alpha value is -3.58. The Morgan fingerprint density at radius 3 is 2.33 bits per heavy atom. The van der Waals surface area contributed by atoms with Crippen molar-refractivity contribution in [2.75, 3.05) is 18.4 Å². The highest BCUT2D eigenvalue weighted by Crippen LogP contribution is 2.32. The smallest absolute Gasteiger partial charge is 0.410 e. The van der Waals surface area contributed by atoms with Gasteiger partial charge in [-0.25, -0.2) is 17.6 Å². The zero-order chi connectivity index (χ0) is 35.4. The van der Waals surface area contributed by atoms with Crippen molar-refractivity contribution in [1.82, 2.24) is 14.2 Å². The average molecular weight is 702 g/mol. The van der Waals surface area contributed by atoms with Crippen molar-refractivity contribution in [1.29, 1.82) is 0 Å². The Balaban J connectivity index is 1.61. The lowest BCUT2D eigenvalue weighted by molar-refractivity contribution is -0.118. The Bertz CT molecular complexity index is 1690. The third-order valence-electron chi connectivity index (χ3n) is 8.33. The molecule has 1 saturated heterocycles. The number of benzene rings is 2. The molecule has 3 N–H and O–H groups in total. The number of nitrogens with zero attached hydrogens (tertiary/aromatic N) is 3. The summed E-state index contributed by atoms with van der Waals surface area (Å²) in [5.41, 5.74) is 6.88. The molecule has 10 nitrogen and oxygen atoms in total. The molecule has 260 valence electrons. The van der Waals surface area contributed by atoms with Gasteiger partial charge in [0, 0.05) is 41.7 Å². The van der Waals surface area contributed by atoms with Gasteiger partial charge < -0.3 is 20.7 Å². The summed E-state index contributed by atoms with van der Waals surface area (Å²) < 4.78 is 50.4. The minimum atomic E-state index is -3.99. The van der Waals surface area contributed by atoms with Crippen LogP contribution in [-0.2, 0) is 26.0 Å². The molecule has 1 fully saturated rings. The highest BCUT2D eigenvalue weighted by atomic mass is 35.5. The molecular weight excluding hydrogens is 657 g/mol. The van der Waals surface area contributed by atoms with Gasteiger partial charge in [-0.2, -0.15) is 4.31 Å². The minimum absolute atomic E-state index is 0.00390. The number of pyridine rings is 1. The zero-order valence-corrected chi connectivity index (χ0v) is 29.8. The topological polar surface area (TPSA) is 135 Å².